The van der Waals surface area contributed by atoms with E-state index in [1.54, 1.807) is 22.9 Å². The monoisotopic (exact) mass is 307 g/mol. The molecule has 0 radical (unpaired) electrons. The van der Waals surface area contributed by atoms with Crippen molar-refractivity contribution in [2.45, 2.75) is 20.1 Å². The molecule has 0 bridgehead atoms. The summed E-state index contributed by atoms with van der Waals surface area (Å²) in [6.45, 7) is 2.90. The van der Waals surface area contributed by atoms with Gasteiger partial charge in [-0.2, -0.15) is 5.10 Å². The number of nitrogens with zero attached hydrogens (tertiary/aromatic N) is 3. The van der Waals surface area contributed by atoms with Crippen molar-refractivity contribution in [2.75, 3.05) is 0 Å². The van der Waals surface area contributed by atoms with Gasteiger partial charge in [-0.15, -0.1) is 0 Å². The lowest BCUT2D eigenvalue weighted by molar-refractivity contribution is -0.131. The number of aromatic nitrogens is 3. The fourth-order valence-electron chi connectivity index (χ4n) is 1.75. The molecule has 1 N–H and O–H groups in total. The van der Waals surface area contributed by atoms with Crippen LogP contribution in [0, 0.1) is 0 Å². The highest BCUT2D eigenvalue weighted by molar-refractivity contribution is 6.30. The Morgan fingerprint density at radius 2 is 2.33 bits per heavy atom. The lowest BCUT2D eigenvalue weighted by Gasteiger charge is -2.09. The molecule has 0 aliphatic rings. The topological polar surface area (TPSA) is 77.2 Å². The van der Waals surface area contributed by atoms with Crippen LogP contribution in [0.5, 0.6) is 5.75 Å². The lowest BCUT2D eigenvalue weighted by atomic mass is 10.2. The van der Waals surface area contributed by atoms with E-state index >= 15 is 0 Å². The molecule has 0 atom stereocenters. The summed E-state index contributed by atoms with van der Waals surface area (Å²) < 4.78 is 7.41. The first-order valence-corrected chi connectivity index (χ1v) is 6.68. The van der Waals surface area contributed by atoms with Crippen LogP contribution < -0.4 is 4.74 Å². The van der Waals surface area contributed by atoms with E-state index in [9.17, 15) is 4.79 Å². The molecule has 2 aromatic rings. The maximum Gasteiger partial charge on any atom is 0.328 e. The Labute approximate surface area is 126 Å². The Hall–Kier alpha value is -2.34. The molecule has 6 nitrogen and oxygen atoms in total. The quantitative estimate of drug-likeness (QED) is 0.830. The van der Waals surface area contributed by atoms with Gasteiger partial charge in [0.1, 0.15) is 18.7 Å². The molecule has 1 heterocycles. The molecule has 0 fully saturated rings. The molecule has 2 rings (SSSR count). The Kier molecular flexibility index (Phi) is 4.94. The summed E-state index contributed by atoms with van der Waals surface area (Å²) in [7, 11) is 0. The number of aliphatic carboxylic acids is 1. The van der Waals surface area contributed by atoms with Gasteiger partial charge in [0.15, 0.2) is 5.82 Å². The average Bonchev–Trinajstić information content (AvgIpc) is 2.91. The van der Waals surface area contributed by atoms with Crippen LogP contribution in [-0.4, -0.2) is 25.8 Å². The molecule has 110 valence electrons. The van der Waals surface area contributed by atoms with Crippen molar-refractivity contribution < 1.29 is 14.6 Å². The van der Waals surface area contributed by atoms with E-state index in [2.05, 4.69) is 10.1 Å². The van der Waals surface area contributed by atoms with E-state index in [1.807, 2.05) is 6.92 Å². The van der Waals surface area contributed by atoms with Crippen LogP contribution in [0.3, 0.4) is 0 Å². The first-order valence-electron chi connectivity index (χ1n) is 6.30. The van der Waals surface area contributed by atoms with E-state index in [0.29, 0.717) is 28.7 Å². The second-order valence-corrected chi connectivity index (χ2v) is 4.57. The molecule has 0 aliphatic heterocycles. The zero-order valence-corrected chi connectivity index (χ0v) is 12.1. The largest absolute Gasteiger partial charge is 0.485 e. The number of ether oxygens (including phenoxy) is 1. The third kappa shape index (κ3) is 4.06. The minimum absolute atomic E-state index is 0.239. The molecule has 7 heteroatoms. The fourth-order valence-corrected chi connectivity index (χ4v) is 1.93. The summed E-state index contributed by atoms with van der Waals surface area (Å²) in [6, 6.07) is 5.01. The second kappa shape index (κ2) is 6.90. The Balaban J connectivity index is 2.17. The number of carbonyl (C=O) groups is 1. The summed E-state index contributed by atoms with van der Waals surface area (Å²) in [4.78, 5) is 14.7. The summed E-state index contributed by atoms with van der Waals surface area (Å²) in [5, 5.41) is 13.3. The van der Waals surface area contributed by atoms with Crippen molar-refractivity contribution in [3.05, 3.63) is 47.0 Å². The zero-order chi connectivity index (χ0) is 15.2. The van der Waals surface area contributed by atoms with Crippen LogP contribution in [-0.2, 0) is 17.9 Å². The summed E-state index contributed by atoms with van der Waals surface area (Å²) in [6.07, 6.45) is 3.94. The highest BCUT2D eigenvalue weighted by atomic mass is 35.5. The number of benzene rings is 1. The van der Waals surface area contributed by atoms with Gasteiger partial charge in [0.05, 0.1) is 0 Å². The zero-order valence-electron chi connectivity index (χ0n) is 11.4. The average molecular weight is 308 g/mol. The van der Waals surface area contributed by atoms with Crippen LogP contribution >= 0.6 is 11.6 Å². The number of carboxylic acid groups (broad SMARTS) is 1. The van der Waals surface area contributed by atoms with Crippen molar-refractivity contribution in [3.8, 4) is 5.75 Å². The van der Waals surface area contributed by atoms with Gasteiger partial charge in [0, 0.05) is 23.2 Å². The van der Waals surface area contributed by atoms with Crippen molar-refractivity contribution in [2.24, 2.45) is 0 Å². The van der Waals surface area contributed by atoms with E-state index in [4.69, 9.17) is 21.4 Å². The van der Waals surface area contributed by atoms with Gasteiger partial charge in [-0.1, -0.05) is 11.6 Å². The fraction of sp³-hybridized carbons (Fsp3) is 0.214. The van der Waals surface area contributed by atoms with E-state index in [1.165, 1.54) is 12.4 Å². The molecular formula is C14H14ClN3O3. The number of aryl methyl sites for hydroxylation is 1. The van der Waals surface area contributed by atoms with Crippen LogP contribution in [0.4, 0.5) is 0 Å². The Morgan fingerprint density at radius 1 is 1.52 bits per heavy atom. The number of halogens is 1. The molecule has 0 saturated heterocycles. The second-order valence-electron chi connectivity index (χ2n) is 4.13. The molecule has 0 saturated carbocycles. The van der Waals surface area contributed by atoms with Gasteiger partial charge < -0.3 is 9.84 Å². The smallest absolute Gasteiger partial charge is 0.328 e. The number of rotatable bonds is 6. The van der Waals surface area contributed by atoms with Crippen LogP contribution in [0.15, 0.2) is 30.6 Å². The third-order valence-corrected chi connectivity index (χ3v) is 2.96. The van der Waals surface area contributed by atoms with Gasteiger partial charge in [-0.25, -0.2) is 14.5 Å². The summed E-state index contributed by atoms with van der Waals surface area (Å²) in [5.41, 5.74) is 0.590. The van der Waals surface area contributed by atoms with Crippen molar-refractivity contribution in [3.63, 3.8) is 0 Å². The first kappa shape index (κ1) is 15.1. The van der Waals surface area contributed by atoms with E-state index in [-0.39, 0.29) is 6.61 Å². The molecule has 0 amide bonds. The van der Waals surface area contributed by atoms with Gasteiger partial charge in [0.2, 0.25) is 0 Å². The van der Waals surface area contributed by atoms with Crippen molar-refractivity contribution in [1.29, 1.82) is 0 Å². The minimum Gasteiger partial charge on any atom is -0.485 e. The highest BCUT2D eigenvalue weighted by Gasteiger charge is 2.07. The lowest BCUT2D eigenvalue weighted by Crippen LogP contribution is -2.07. The van der Waals surface area contributed by atoms with Crippen LogP contribution in [0.1, 0.15) is 18.3 Å². The van der Waals surface area contributed by atoms with Crippen LogP contribution in [0.2, 0.25) is 5.02 Å². The van der Waals surface area contributed by atoms with Crippen LogP contribution in [0.25, 0.3) is 6.08 Å². The predicted octanol–water partition coefficient (Wildman–Crippen LogP) is 2.63. The molecule has 1 aromatic carbocycles. The molecule has 1 aromatic heterocycles. The normalized spacial score (nSPS) is 11.0. The maximum atomic E-state index is 10.6. The Morgan fingerprint density at radius 3 is 3.05 bits per heavy atom. The first-order chi connectivity index (χ1) is 10.1. The number of carboxylic acids is 1. The molecule has 0 unspecified atom stereocenters. The minimum atomic E-state index is -1.04. The molecular weight excluding hydrogens is 294 g/mol. The van der Waals surface area contributed by atoms with Gasteiger partial charge in [-0.05, 0) is 31.2 Å². The van der Waals surface area contributed by atoms with Crippen molar-refractivity contribution in [1.82, 2.24) is 14.8 Å². The number of hydrogen-bond acceptors (Lipinski definition) is 4. The third-order valence-electron chi connectivity index (χ3n) is 2.73. The maximum absolute atomic E-state index is 10.6. The van der Waals surface area contributed by atoms with Gasteiger partial charge in [-0.3, -0.25) is 0 Å². The standard InChI is InChI=1S/C14H14ClN3O3/c1-2-18-13(16-9-17-18)8-21-12-5-4-11(15)7-10(12)3-6-14(19)20/h3-7,9H,2,8H2,1H3,(H,19,20). The van der Waals surface area contributed by atoms with Crippen molar-refractivity contribution >= 4 is 23.6 Å². The SMILES string of the molecule is CCn1ncnc1COc1ccc(Cl)cc1C=CC(=O)O. The highest BCUT2D eigenvalue weighted by Crippen LogP contribution is 2.25. The number of hydrogen-bond donors (Lipinski definition) is 1. The van der Waals surface area contributed by atoms with E-state index in [0.717, 1.165) is 6.08 Å². The predicted molar refractivity (Wildman–Crippen MR) is 78.1 cm³/mol. The Bertz CT molecular complexity index is 667. The van der Waals surface area contributed by atoms with E-state index < -0.39 is 5.97 Å². The molecule has 0 spiro atoms. The summed E-state index contributed by atoms with van der Waals surface area (Å²) in [5.74, 6) is 0.190. The summed E-state index contributed by atoms with van der Waals surface area (Å²) >= 11 is 5.92. The van der Waals surface area contributed by atoms with Gasteiger partial charge >= 0.3 is 5.97 Å². The van der Waals surface area contributed by atoms with Gasteiger partial charge in [0.25, 0.3) is 0 Å². The molecule has 21 heavy (non-hydrogen) atoms. The molecule has 0 aliphatic carbocycles.